The van der Waals surface area contributed by atoms with Gasteiger partial charge in [-0.15, -0.1) is 0 Å². The van der Waals surface area contributed by atoms with Crippen LogP contribution in [0, 0.1) is 0 Å². The predicted molar refractivity (Wildman–Crippen MR) is 73.0 cm³/mol. The van der Waals surface area contributed by atoms with Crippen molar-refractivity contribution in [2.75, 3.05) is 11.9 Å². The van der Waals surface area contributed by atoms with Crippen LogP contribution >= 0.6 is 15.9 Å². The first-order chi connectivity index (χ1) is 8.16. The van der Waals surface area contributed by atoms with E-state index in [1.807, 2.05) is 24.3 Å². The average Bonchev–Trinajstić information content (AvgIpc) is 2.78. The maximum Gasteiger partial charge on any atom is 0.244 e. The Morgan fingerprint density at radius 2 is 2.41 bits per heavy atom. The molecule has 1 amide bonds. The molecule has 0 radical (unpaired) electrons. The molecular formula is C13H17BrN2O. The summed E-state index contributed by atoms with van der Waals surface area (Å²) in [6.45, 7) is 2.98. The summed E-state index contributed by atoms with van der Waals surface area (Å²) in [6, 6.07) is 7.68. The molecule has 4 heteroatoms. The number of rotatable bonds is 3. The van der Waals surface area contributed by atoms with Crippen molar-refractivity contribution in [2.24, 2.45) is 0 Å². The Morgan fingerprint density at radius 1 is 1.59 bits per heavy atom. The van der Waals surface area contributed by atoms with Crippen LogP contribution in [0.2, 0.25) is 0 Å². The highest BCUT2D eigenvalue weighted by atomic mass is 79.9. The van der Waals surface area contributed by atoms with Gasteiger partial charge in [-0.2, -0.15) is 0 Å². The largest absolute Gasteiger partial charge is 0.324 e. The first-order valence-electron chi connectivity index (χ1n) is 5.98. The monoisotopic (exact) mass is 296 g/mol. The van der Waals surface area contributed by atoms with E-state index < -0.39 is 0 Å². The molecule has 1 saturated heterocycles. The summed E-state index contributed by atoms with van der Waals surface area (Å²) in [5.41, 5.74) is 0.466. The van der Waals surface area contributed by atoms with Gasteiger partial charge < -0.3 is 10.6 Å². The molecule has 1 aromatic carbocycles. The van der Waals surface area contributed by atoms with Gasteiger partial charge in [0.05, 0.1) is 5.54 Å². The topological polar surface area (TPSA) is 41.1 Å². The van der Waals surface area contributed by atoms with E-state index in [1.54, 1.807) is 0 Å². The first kappa shape index (κ1) is 12.6. The molecule has 1 aromatic rings. The lowest BCUT2D eigenvalue weighted by molar-refractivity contribution is -0.122. The van der Waals surface area contributed by atoms with Crippen molar-refractivity contribution in [3.05, 3.63) is 28.7 Å². The van der Waals surface area contributed by atoms with Gasteiger partial charge >= 0.3 is 0 Å². The van der Waals surface area contributed by atoms with E-state index >= 15 is 0 Å². The lowest BCUT2D eigenvalue weighted by Gasteiger charge is -2.26. The number of hydrogen-bond donors (Lipinski definition) is 2. The molecule has 2 rings (SSSR count). The predicted octanol–water partition coefficient (Wildman–Crippen LogP) is 2.92. The van der Waals surface area contributed by atoms with Crippen LogP contribution in [-0.4, -0.2) is 18.0 Å². The number of anilines is 1. The summed E-state index contributed by atoms with van der Waals surface area (Å²) in [4.78, 5) is 12.3. The van der Waals surface area contributed by atoms with Crippen molar-refractivity contribution in [1.82, 2.24) is 5.32 Å². The summed E-state index contributed by atoms with van der Waals surface area (Å²) in [7, 11) is 0. The molecule has 2 N–H and O–H groups in total. The van der Waals surface area contributed by atoms with Gasteiger partial charge in [0.2, 0.25) is 5.91 Å². The fourth-order valence-electron chi connectivity index (χ4n) is 2.28. The number of nitrogens with one attached hydrogen (secondary N) is 2. The van der Waals surface area contributed by atoms with Gasteiger partial charge in [0.15, 0.2) is 0 Å². The van der Waals surface area contributed by atoms with Crippen molar-refractivity contribution < 1.29 is 4.79 Å². The van der Waals surface area contributed by atoms with E-state index in [0.29, 0.717) is 0 Å². The number of carbonyl (C=O) groups excluding carboxylic acids is 1. The molecule has 0 saturated carbocycles. The second-order valence-electron chi connectivity index (χ2n) is 4.43. The van der Waals surface area contributed by atoms with E-state index in [0.717, 1.165) is 36.0 Å². The van der Waals surface area contributed by atoms with Gasteiger partial charge in [0.1, 0.15) is 0 Å². The van der Waals surface area contributed by atoms with Gasteiger partial charge in [0.25, 0.3) is 0 Å². The number of hydrogen-bond acceptors (Lipinski definition) is 2. The quantitative estimate of drug-likeness (QED) is 0.900. The SMILES string of the molecule is CCC1(C(=O)Nc2cccc(Br)c2)CCCN1. The Balaban J connectivity index is 2.10. The summed E-state index contributed by atoms with van der Waals surface area (Å²) >= 11 is 3.40. The molecule has 0 aromatic heterocycles. The smallest absolute Gasteiger partial charge is 0.244 e. The third-order valence-corrected chi connectivity index (χ3v) is 3.86. The molecule has 17 heavy (non-hydrogen) atoms. The first-order valence-corrected chi connectivity index (χ1v) is 6.78. The number of benzene rings is 1. The molecule has 0 bridgehead atoms. The van der Waals surface area contributed by atoms with Crippen LogP contribution in [0.15, 0.2) is 28.7 Å². The molecular weight excluding hydrogens is 280 g/mol. The molecule has 0 aliphatic carbocycles. The second-order valence-corrected chi connectivity index (χ2v) is 5.35. The molecule has 3 nitrogen and oxygen atoms in total. The second kappa shape index (κ2) is 5.19. The zero-order valence-electron chi connectivity index (χ0n) is 9.92. The lowest BCUT2D eigenvalue weighted by Crippen LogP contribution is -2.50. The average molecular weight is 297 g/mol. The molecule has 1 aliphatic heterocycles. The van der Waals surface area contributed by atoms with Gasteiger partial charge in [-0.05, 0) is 44.0 Å². The molecule has 1 fully saturated rings. The maximum atomic E-state index is 12.3. The minimum absolute atomic E-state index is 0.0793. The molecule has 1 heterocycles. The van der Waals surface area contributed by atoms with Crippen molar-refractivity contribution >= 4 is 27.5 Å². The van der Waals surface area contributed by atoms with E-state index in [-0.39, 0.29) is 11.4 Å². The molecule has 92 valence electrons. The van der Waals surface area contributed by atoms with E-state index in [9.17, 15) is 4.79 Å². The Kier molecular flexibility index (Phi) is 3.84. The molecule has 0 spiro atoms. The van der Waals surface area contributed by atoms with Crippen molar-refractivity contribution in [2.45, 2.75) is 31.7 Å². The molecule has 1 atom stereocenters. The minimum Gasteiger partial charge on any atom is -0.324 e. The van der Waals surface area contributed by atoms with E-state index in [4.69, 9.17) is 0 Å². The number of amides is 1. The van der Waals surface area contributed by atoms with E-state index in [1.165, 1.54) is 0 Å². The Labute approximate surface area is 110 Å². The number of halogens is 1. The van der Waals surface area contributed by atoms with Gasteiger partial charge in [-0.3, -0.25) is 4.79 Å². The summed E-state index contributed by atoms with van der Waals surface area (Å²) in [5.74, 6) is 0.0793. The van der Waals surface area contributed by atoms with Crippen LogP contribution in [0.5, 0.6) is 0 Å². The maximum absolute atomic E-state index is 12.3. The van der Waals surface area contributed by atoms with Gasteiger partial charge in [-0.25, -0.2) is 0 Å². The standard InChI is InChI=1S/C13H17BrN2O/c1-2-13(7-4-8-15-13)12(17)16-11-6-3-5-10(14)9-11/h3,5-6,9,15H,2,4,7-8H2,1H3,(H,16,17). The highest BCUT2D eigenvalue weighted by molar-refractivity contribution is 9.10. The minimum atomic E-state index is -0.373. The van der Waals surface area contributed by atoms with Crippen LogP contribution in [0.4, 0.5) is 5.69 Å². The fraction of sp³-hybridized carbons (Fsp3) is 0.462. The third kappa shape index (κ3) is 2.69. The number of carbonyl (C=O) groups is 1. The normalized spacial score (nSPS) is 23.6. The molecule has 1 unspecified atom stereocenters. The fourth-order valence-corrected chi connectivity index (χ4v) is 2.68. The van der Waals surface area contributed by atoms with Crippen LogP contribution in [-0.2, 0) is 4.79 Å². The molecule has 1 aliphatic rings. The highest BCUT2D eigenvalue weighted by Crippen LogP contribution is 2.25. The summed E-state index contributed by atoms with van der Waals surface area (Å²) in [5, 5.41) is 6.32. The van der Waals surface area contributed by atoms with Gasteiger partial charge in [-0.1, -0.05) is 28.9 Å². The van der Waals surface area contributed by atoms with Crippen molar-refractivity contribution in [1.29, 1.82) is 0 Å². The Hall–Kier alpha value is -0.870. The summed E-state index contributed by atoms with van der Waals surface area (Å²) < 4.78 is 0.972. The van der Waals surface area contributed by atoms with Crippen LogP contribution in [0.3, 0.4) is 0 Å². The Bertz CT molecular complexity index is 414. The van der Waals surface area contributed by atoms with Gasteiger partial charge in [0, 0.05) is 10.2 Å². The Morgan fingerprint density at radius 3 is 3.00 bits per heavy atom. The van der Waals surface area contributed by atoms with Crippen molar-refractivity contribution in [3.8, 4) is 0 Å². The lowest BCUT2D eigenvalue weighted by atomic mass is 9.93. The van der Waals surface area contributed by atoms with E-state index in [2.05, 4.69) is 33.5 Å². The zero-order valence-corrected chi connectivity index (χ0v) is 11.5. The van der Waals surface area contributed by atoms with Crippen molar-refractivity contribution in [3.63, 3.8) is 0 Å². The van der Waals surface area contributed by atoms with Crippen LogP contribution < -0.4 is 10.6 Å². The zero-order chi connectivity index (χ0) is 12.3. The van der Waals surface area contributed by atoms with Crippen LogP contribution in [0.1, 0.15) is 26.2 Å². The van der Waals surface area contributed by atoms with Crippen LogP contribution in [0.25, 0.3) is 0 Å². The summed E-state index contributed by atoms with van der Waals surface area (Å²) in [6.07, 6.45) is 2.82. The highest BCUT2D eigenvalue weighted by Gasteiger charge is 2.38. The third-order valence-electron chi connectivity index (χ3n) is 3.36.